The van der Waals surface area contributed by atoms with Gasteiger partial charge in [0.05, 0.1) is 5.92 Å². The van der Waals surface area contributed by atoms with Crippen molar-refractivity contribution in [3.05, 3.63) is 123 Å². The fraction of sp³-hybridized carbons (Fsp3) is 0.233. The first-order valence-electron chi connectivity index (χ1n) is 11.4. The van der Waals surface area contributed by atoms with Crippen molar-refractivity contribution >= 4 is 0 Å². The van der Waals surface area contributed by atoms with Crippen molar-refractivity contribution in [3.63, 3.8) is 0 Å². The molecule has 0 saturated heterocycles. The number of hydrogen-bond donors (Lipinski definition) is 0. The Labute approximate surface area is 184 Å². The maximum atomic E-state index is 2.54. The summed E-state index contributed by atoms with van der Waals surface area (Å²) in [6.45, 7) is 7.04. The SMILES string of the molecule is Cc1ccc2c3c1C(C)(C)[n+]1ccccc1C3c1cc3c(cc1-2)Cc1ccccc1C3. The summed E-state index contributed by atoms with van der Waals surface area (Å²) in [5, 5.41) is 0. The van der Waals surface area contributed by atoms with Crippen molar-refractivity contribution in [2.24, 2.45) is 0 Å². The summed E-state index contributed by atoms with van der Waals surface area (Å²) in [6, 6.07) is 25.5. The third kappa shape index (κ3) is 2.14. The topological polar surface area (TPSA) is 3.88 Å². The number of hydrogen-bond acceptors (Lipinski definition) is 0. The van der Waals surface area contributed by atoms with Crippen molar-refractivity contribution < 1.29 is 4.57 Å². The van der Waals surface area contributed by atoms with E-state index in [2.05, 4.69) is 98.3 Å². The second-order valence-electron chi connectivity index (χ2n) is 10.0. The van der Waals surface area contributed by atoms with Crippen LogP contribution in [0.5, 0.6) is 0 Å². The second kappa shape index (κ2) is 5.73. The van der Waals surface area contributed by atoms with Gasteiger partial charge in [0.25, 0.3) is 0 Å². The average Bonchev–Trinajstić information content (AvgIpc) is 3.08. The van der Waals surface area contributed by atoms with E-state index in [-0.39, 0.29) is 5.54 Å². The predicted octanol–water partition coefficient (Wildman–Crippen LogP) is 6.03. The molecule has 7 rings (SSSR count). The molecule has 3 aromatic carbocycles. The molecule has 1 nitrogen and oxygen atoms in total. The van der Waals surface area contributed by atoms with E-state index in [1.807, 2.05) is 0 Å². The number of rotatable bonds is 0. The quantitative estimate of drug-likeness (QED) is 0.274. The van der Waals surface area contributed by atoms with Crippen molar-refractivity contribution in [1.82, 2.24) is 0 Å². The van der Waals surface area contributed by atoms with Gasteiger partial charge in [-0.2, -0.15) is 4.57 Å². The van der Waals surface area contributed by atoms with Crippen LogP contribution in [0.1, 0.15) is 70.0 Å². The lowest BCUT2D eigenvalue weighted by Gasteiger charge is -2.33. The van der Waals surface area contributed by atoms with Crippen LogP contribution in [0.15, 0.2) is 72.9 Å². The monoisotopic (exact) mass is 400 g/mol. The second-order valence-corrected chi connectivity index (χ2v) is 10.0. The lowest BCUT2D eigenvalue weighted by atomic mass is 9.75. The highest BCUT2D eigenvalue weighted by Crippen LogP contribution is 2.54. The number of nitrogens with zero attached hydrogens (tertiary/aromatic N) is 1. The smallest absolute Gasteiger partial charge is 0.192 e. The first-order valence-corrected chi connectivity index (χ1v) is 11.4. The van der Waals surface area contributed by atoms with Crippen molar-refractivity contribution in [2.45, 2.75) is 45.1 Å². The molecule has 0 fully saturated rings. The molecule has 1 aliphatic heterocycles. The summed E-state index contributed by atoms with van der Waals surface area (Å²) >= 11 is 0. The predicted molar refractivity (Wildman–Crippen MR) is 125 cm³/mol. The lowest BCUT2D eigenvalue weighted by molar-refractivity contribution is -0.756. The van der Waals surface area contributed by atoms with Crippen LogP contribution in [0, 0.1) is 6.92 Å². The van der Waals surface area contributed by atoms with E-state index in [4.69, 9.17) is 0 Å². The number of aromatic nitrogens is 1. The minimum Gasteiger partial charge on any atom is -0.192 e. The molecule has 0 N–H and O–H groups in total. The van der Waals surface area contributed by atoms with Crippen LogP contribution in [-0.4, -0.2) is 0 Å². The third-order valence-electron chi connectivity index (χ3n) is 8.00. The molecule has 0 spiro atoms. The first-order chi connectivity index (χ1) is 15.0. The van der Waals surface area contributed by atoms with Gasteiger partial charge in [0, 0.05) is 31.5 Å². The highest BCUT2D eigenvalue weighted by Gasteiger charge is 2.49. The molecule has 0 saturated carbocycles. The highest BCUT2D eigenvalue weighted by molar-refractivity contribution is 5.84. The Hall–Kier alpha value is -3.19. The van der Waals surface area contributed by atoms with Gasteiger partial charge in [-0.25, -0.2) is 0 Å². The van der Waals surface area contributed by atoms with Crippen molar-refractivity contribution in [1.29, 1.82) is 0 Å². The molecule has 1 heteroatoms. The Morgan fingerprint density at radius 1 is 0.774 bits per heavy atom. The summed E-state index contributed by atoms with van der Waals surface area (Å²) in [5.74, 6) is 0.330. The lowest BCUT2D eigenvalue weighted by Crippen LogP contribution is -2.59. The summed E-state index contributed by atoms with van der Waals surface area (Å²) in [6.07, 6.45) is 4.37. The van der Waals surface area contributed by atoms with Crippen LogP contribution in [0.2, 0.25) is 0 Å². The minimum absolute atomic E-state index is 0.0551. The minimum atomic E-state index is -0.0551. The fourth-order valence-corrected chi connectivity index (χ4v) is 6.68. The van der Waals surface area contributed by atoms with Gasteiger partial charge in [0.15, 0.2) is 17.4 Å². The van der Waals surface area contributed by atoms with Crippen LogP contribution < -0.4 is 4.57 Å². The Morgan fingerprint density at radius 2 is 1.48 bits per heavy atom. The fourth-order valence-electron chi connectivity index (χ4n) is 6.68. The zero-order chi connectivity index (χ0) is 20.9. The molecule has 150 valence electrons. The van der Waals surface area contributed by atoms with Crippen molar-refractivity contribution in [3.8, 4) is 11.1 Å². The number of fused-ring (bicyclic) bond motifs is 7. The third-order valence-corrected chi connectivity index (χ3v) is 8.00. The molecule has 1 atom stereocenters. The van der Waals surface area contributed by atoms with E-state index in [0.29, 0.717) is 5.92 Å². The Kier molecular flexibility index (Phi) is 3.23. The summed E-state index contributed by atoms with van der Waals surface area (Å²) in [7, 11) is 0. The van der Waals surface area contributed by atoms with Crippen LogP contribution in [0.3, 0.4) is 0 Å². The van der Waals surface area contributed by atoms with Gasteiger partial charge in [-0.05, 0) is 69.8 Å². The molecule has 3 aliphatic rings. The Balaban J connectivity index is 1.53. The van der Waals surface area contributed by atoms with Gasteiger partial charge < -0.3 is 0 Å². The van der Waals surface area contributed by atoms with Gasteiger partial charge in [0.2, 0.25) is 0 Å². The molecule has 2 aliphatic carbocycles. The number of aryl methyl sites for hydroxylation is 1. The number of pyridine rings is 1. The summed E-state index contributed by atoms with van der Waals surface area (Å²) < 4.78 is 2.51. The standard InChI is InChI=1S/C30H26N/c1-18-11-12-23-24-16-21-14-19-8-4-5-9-20(19)15-22(21)17-25(24)27-26-10-6-7-13-31(26)30(2,3)29(18)28(23)27/h4-13,16-17,27H,14-15H2,1-3H3/q+1. The molecule has 31 heavy (non-hydrogen) atoms. The largest absolute Gasteiger partial charge is 0.194 e. The molecule has 1 aromatic heterocycles. The molecular formula is C30H26N+. The zero-order valence-electron chi connectivity index (χ0n) is 18.4. The van der Waals surface area contributed by atoms with E-state index < -0.39 is 0 Å². The number of benzene rings is 3. The summed E-state index contributed by atoms with van der Waals surface area (Å²) in [5.41, 5.74) is 16.2. The van der Waals surface area contributed by atoms with E-state index >= 15 is 0 Å². The van der Waals surface area contributed by atoms with Gasteiger partial charge >= 0.3 is 0 Å². The van der Waals surface area contributed by atoms with Crippen LogP contribution in [0.4, 0.5) is 0 Å². The molecule has 2 heterocycles. The molecular weight excluding hydrogens is 374 g/mol. The normalized spacial score (nSPS) is 18.5. The van der Waals surface area contributed by atoms with Crippen LogP contribution in [-0.2, 0) is 18.4 Å². The maximum Gasteiger partial charge on any atom is 0.194 e. The van der Waals surface area contributed by atoms with Gasteiger partial charge in [-0.15, -0.1) is 0 Å². The molecule has 0 amide bonds. The molecule has 4 aromatic rings. The van der Waals surface area contributed by atoms with Crippen molar-refractivity contribution in [2.75, 3.05) is 0 Å². The molecule has 0 bridgehead atoms. The van der Waals surface area contributed by atoms with E-state index in [1.165, 1.54) is 55.8 Å². The van der Waals surface area contributed by atoms with Crippen LogP contribution >= 0.6 is 0 Å². The van der Waals surface area contributed by atoms with Crippen LogP contribution in [0.25, 0.3) is 11.1 Å². The molecule has 1 unspecified atom stereocenters. The van der Waals surface area contributed by atoms with Gasteiger partial charge in [-0.1, -0.05) is 54.6 Å². The zero-order valence-corrected chi connectivity index (χ0v) is 18.4. The summed E-state index contributed by atoms with van der Waals surface area (Å²) in [4.78, 5) is 0. The maximum absolute atomic E-state index is 2.54. The first kappa shape index (κ1) is 17.5. The Bertz CT molecular complexity index is 1420. The Morgan fingerprint density at radius 3 is 2.26 bits per heavy atom. The van der Waals surface area contributed by atoms with Gasteiger partial charge in [-0.3, -0.25) is 0 Å². The van der Waals surface area contributed by atoms with E-state index in [0.717, 1.165) is 12.8 Å². The van der Waals surface area contributed by atoms with E-state index in [1.54, 1.807) is 5.56 Å². The van der Waals surface area contributed by atoms with Gasteiger partial charge in [0.1, 0.15) is 0 Å². The highest BCUT2D eigenvalue weighted by atomic mass is 15.1. The van der Waals surface area contributed by atoms with E-state index in [9.17, 15) is 0 Å². The average molecular weight is 401 g/mol. The molecule has 0 radical (unpaired) electrons.